The molecule has 0 saturated heterocycles. The van der Waals surface area contributed by atoms with Crippen molar-refractivity contribution >= 4 is 70.4 Å². The molecule has 0 radical (unpaired) electrons. The van der Waals surface area contributed by atoms with Gasteiger partial charge in [-0.2, -0.15) is 0 Å². The van der Waals surface area contributed by atoms with Crippen molar-refractivity contribution in [1.82, 2.24) is 0 Å². The molecule has 0 aliphatic carbocycles. The van der Waals surface area contributed by atoms with Crippen molar-refractivity contribution in [3.05, 3.63) is 0 Å². The predicted octanol–water partition coefficient (Wildman–Crippen LogP) is 3.16. The summed E-state index contributed by atoms with van der Waals surface area (Å²) >= 11 is 0. The van der Waals surface area contributed by atoms with Gasteiger partial charge in [-0.05, 0) is 78.6 Å². The van der Waals surface area contributed by atoms with E-state index in [1.807, 2.05) is 78.6 Å². The minimum absolute atomic E-state index is 0. The zero-order chi connectivity index (χ0) is 34.1. The summed E-state index contributed by atoms with van der Waals surface area (Å²) in [6.45, 7) is 33.4. The van der Waals surface area contributed by atoms with Crippen LogP contribution in [0, 0.1) is 0 Å². The minimum Gasteiger partial charge on any atom is -0.416 e. The van der Waals surface area contributed by atoms with Crippen LogP contribution in [0.2, 0.25) is 105 Å². The van der Waals surface area contributed by atoms with Gasteiger partial charge in [0.1, 0.15) is 0 Å². The van der Waals surface area contributed by atoms with Gasteiger partial charge < -0.3 is 66.3 Å². The largest absolute Gasteiger partial charge is 0.416 e. The van der Waals surface area contributed by atoms with Gasteiger partial charge in [-0.25, -0.2) is 0 Å². The van der Waals surface area contributed by atoms with Crippen LogP contribution >= 0.6 is 0 Å². The van der Waals surface area contributed by atoms with Gasteiger partial charge in [-0.15, -0.1) is 0 Å². The molecule has 22 heteroatoms. The molecule has 0 fully saturated rings. The number of hydrogen-bond donors (Lipinski definition) is 2. The van der Waals surface area contributed by atoms with Gasteiger partial charge in [0.15, 0.2) is 0 Å². The molecule has 0 rings (SSSR count). The molecule has 14 nitrogen and oxygen atoms in total. The van der Waals surface area contributed by atoms with Crippen molar-refractivity contribution in [3.8, 4) is 0 Å². The normalized spacial score (nSPS) is 10.2. The molecule has 47 heavy (non-hydrogen) atoms. The van der Waals surface area contributed by atoms with Gasteiger partial charge in [0, 0.05) is 61.7 Å². The van der Waals surface area contributed by atoms with Crippen LogP contribution in [0.3, 0.4) is 0 Å². The lowest BCUT2D eigenvalue weighted by molar-refractivity contribution is 0.246. The molecule has 308 valence electrons. The lowest BCUT2D eigenvalue weighted by Gasteiger charge is -2.39. The van der Waals surface area contributed by atoms with Crippen molar-refractivity contribution < 1.29 is 66.3 Å². The second-order valence-electron chi connectivity index (χ2n) is 11.0. The first kappa shape index (κ1) is 86.7. The third kappa shape index (κ3) is 69.7. The summed E-state index contributed by atoms with van der Waals surface area (Å²) in [5.41, 5.74) is 0. The third-order valence-electron chi connectivity index (χ3n) is 3.93. The van der Waals surface area contributed by atoms with Gasteiger partial charge in [-0.3, -0.25) is 0 Å². The predicted molar refractivity (Wildman–Crippen MR) is 229 cm³/mol. The van der Waals surface area contributed by atoms with Crippen LogP contribution in [0.25, 0.3) is 0 Å². The molecule has 0 bridgehead atoms. The number of rotatable bonds is 12. The highest BCUT2D eigenvalue weighted by atomic mass is 28.5. The highest BCUT2D eigenvalue weighted by Gasteiger charge is 2.44. The van der Waals surface area contributed by atoms with Crippen LogP contribution in [-0.4, -0.2) is 145 Å². The van der Waals surface area contributed by atoms with Crippen molar-refractivity contribution in [1.29, 1.82) is 0 Å². The maximum Gasteiger partial charge on any atom is 0.322 e. The minimum atomic E-state index is -2.27. The average molecular weight is 842 g/mol. The molecule has 0 aromatic carbocycles. The summed E-state index contributed by atoms with van der Waals surface area (Å²) in [6, 6.07) is 0. The lowest BCUT2D eigenvalue weighted by Crippen LogP contribution is -2.57. The van der Waals surface area contributed by atoms with Gasteiger partial charge in [0.2, 0.25) is 0 Å². The van der Waals surface area contributed by atoms with Crippen LogP contribution in [-0.2, 0) is 34.2 Å². The van der Waals surface area contributed by atoms with E-state index in [4.69, 9.17) is 44.4 Å². The Balaban J connectivity index is -0.0000000326. The smallest absolute Gasteiger partial charge is 0.322 e. The SMILES string of the molecule is C.C.C.CO.CO.CO[Si](C)(C)O[Si](C)(C)OC.CO[Si](C)(C)O[Si](C)(C)O[Si](C)(C)O[Si](C)(C)OC.C[SiH2]C.C[SiH2]C.O.O.O.O. The topological polar surface area (TPSA) is 240 Å². The fourth-order valence-corrected chi connectivity index (χ4v) is 23.9. The van der Waals surface area contributed by atoms with Crippen LogP contribution in [0.15, 0.2) is 0 Å². The average Bonchev–Trinajstić information content (AvgIpc) is 2.80. The molecular weight excluding hydrogens is 749 g/mol. The van der Waals surface area contributed by atoms with Crippen molar-refractivity contribution in [2.24, 2.45) is 0 Å². The second-order valence-corrected chi connectivity index (χ2v) is 35.6. The van der Waals surface area contributed by atoms with Crippen LogP contribution in [0.5, 0.6) is 0 Å². The van der Waals surface area contributed by atoms with E-state index >= 15 is 0 Å². The Labute approximate surface area is 305 Å². The molecule has 0 saturated carbocycles. The number of aliphatic hydroxyl groups excluding tert-OH is 2. The molecule has 0 aliphatic heterocycles. The molecule has 0 atom stereocenters. The third-order valence-corrected chi connectivity index (χ3v) is 23.6. The molecule has 10 N–H and O–H groups in total. The van der Waals surface area contributed by atoms with Gasteiger partial charge in [-0.1, -0.05) is 48.5 Å². The monoisotopic (exact) mass is 840 g/mol. The summed E-state index contributed by atoms with van der Waals surface area (Å²) in [5, 5.41) is 14.0. The van der Waals surface area contributed by atoms with E-state index in [1.54, 1.807) is 28.4 Å². The lowest BCUT2D eigenvalue weighted by atomic mass is 11.8. The molecule has 0 heterocycles. The standard InChI is InChI=1S/C10H30O5Si4.C6H18O3Si2.2C2H8Si.2CH4O.3CH4.4H2O/c1-11-16(3,4)13-18(7,8)15-19(9,10)14-17(5,6)12-2;1-7-10(3,4)9-11(5,6)8-2;2*1-3-2;2*1-2;;;;;;;/h1-10H3;1-6H3;2*3H2,1-2H3;2*2H,1H3;3*1H4;4*1H2. The zero-order valence-corrected chi connectivity index (χ0v) is 41.4. The quantitative estimate of drug-likeness (QED) is 0.272. The first-order valence-electron chi connectivity index (χ1n) is 13.8. The van der Waals surface area contributed by atoms with E-state index in [0.717, 1.165) is 14.2 Å². The van der Waals surface area contributed by atoms with E-state index in [0.29, 0.717) is 19.0 Å². The first-order chi connectivity index (χ1) is 17.9. The number of hydrogen-bond acceptors (Lipinski definition) is 10. The second kappa shape index (κ2) is 45.2. The highest BCUT2D eigenvalue weighted by Crippen LogP contribution is 2.24. The summed E-state index contributed by atoms with van der Waals surface area (Å²) in [5.74, 6) is 0. The van der Waals surface area contributed by atoms with Crippen molar-refractivity contribution in [2.45, 2.75) is 127 Å². The maximum atomic E-state index is 7.00. The molecule has 0 amide bonds. The Kier molecular flexibility index (Phi) is 83.3. The van der Waals surface area contributed by atoms with Gasteiger partial charge in [0.05, 0.1) is 0 Å². The van der Waals surface area contributed by atoms with E-state index in [2.05, 4.69) is 26.2 Å². The Morgan fingerprint density at radius 3 is 0.511 bits per heavy atom. The Hall–Kier alpha value is 1.18. The van der Waals surface area contributed by atoms with Crippen LogP contribution < -0.4 is 0 Å². The van der Waals surface area contributed by atoms with Crippen molar-refractivity contribution in [2.75, 3.05) is 42.7 Å². The summed E-state index contributed by atoms with van der Waals surface area (Å²) in [6.07, 6.45) is 0. The Morgan fingerprint density at radius 1 is 0.319 bits per heavy atom. The molecular formula is C25H92O14Si8. The van der Waals surface area contributed by atoms with E-state index in [-0.39, 0.29) is 44.2 Å². The summed E-state index contributed by atoms with van der Waals surface area (Å²) in [7, 11) is -2.93. The Morgan fingerprint density at radius 2 is 0.404 bits per heavy atom. The van der Waals surface area contributed by atoms with Crippen LogP contribution in [0.4, 0.5) is 0 Å². The fourth-order valence-electron chi connectivity index (χ4n) is 2.58. The molecule has 0 unspecified atom stereocenters. The van der Waals surface area contributed by atoms with Gasteiger partial charge >= 0.3 is 51.4 Å². The Bertz CT molecular complexity index is 508. The van der Waals surface area contributed by atoms with E-state index in [9.17, 15) is 0 Å². The van der Waals surface area contributed by atoms with Crippen molar-refractivity contribution in [3.63, 3.8) is 0 Å². The maximum absolute atomic E-state index is 7.00. The molecule has 0 aromatic heterocycles. The summed E-state index contributed by atoms with van der Waals surface area (Å²) in [4.78, 5) is 0. The van der Waals surface area contributed by atoms with E-state index in [1.165, 1.54) is 0 Å². The summed E-state index contributed by atoms with van der Waals surface area (Å²) < 4.78 is 45.6. The van der Waals surface area contributed by atoms with Crippen LogP contribution in [0.1, 0.15) is 22.3 Å². The van der Waals surface area contributed by atoms with Gasteiger partial charge in [0.25, 0.3) is 0 Å². The molecule has 0 spiro atoms. The number of aliphatic hydroxyl groups is 2. The highest BCUT2D eigenvalue weighted by molar-refractivity contribution is 6.87. The molecule has 0 aromatic rings. The first-order valence-corrected chi connectivity index (χ1v) is 36.4. The molecule has 0 aliphatic rings. The fraction of sp³-hybridized carbons (Fsp3) is 1.00. The van der Waals surface area contributed by atoms with E-state index < -0.39 is 51.4 Å². The zero-order valence-electron chi connectivity index (χ0n) is 32.6.